The van der Waals surface area contributed by atoms with Crippen molar-refractivity contribution in [2.24, 2.45) is 12.2 Å². The minimum atomic E-state index is -3.80. The summed E-state index contributed by atoms with van der Waals surface area (Å²) in [6.45, 7) is 2.25. The Kier molecular flexibility index (Phi) is 4.14. The van der Waals surface area contributed by atoms with Crippen LogP contribution in [0.25, 0.3) is 0 Å². The summed E-state index contributed by atoms with van der Waals surface area (Å²) in [6, 6.07) is 3.04. The minimum absolute atomic E-state index is 0.0312. The smallest absolute Gasteiger partial charge is 0.238 e. The molecule has 21 heavy (non-hydrogen) atoms. The van der Waals surface area contributed by atoms with E-state index in [1.807, 2.05) is 11.6 Å². The Balaban J connectivity index is 2.17. The second kappa shape index (κ2) is 5.70. The third-order valence-electron chi connectivity index (χ3n) is 3.16. The van der Waals surface area contributed by atoms with Crippen LogP contribution in [0, 0.1) is 6.92 Å². The molecule has 0 spiro atoms. The molecule has 0 radical (unpaired) electrons. The molecule has 0 saturated heterocycles. The minimum Gasteiger partial charge on any atom is -0.399 e. The zero-order valence-electron chi connectivity index (χ0n) is 11.9. The van der Waals surface area contributed by atoms with Gasteiger partial charge in [0.15, 0.2) is 0 Å². The van der Waals surface area contributed by atoms with Crippen molar-refractivity contribution in [2.75, 3.05) is 17.6 Å². The molecular weight excluding hydrogens is 292 g/mol. The van der Waals surface area contributed by atoms with E-state index < -0.39 is 10.0 Å². The molecule has 0 saturated carbocycles. The van der Waals surface area contributed by atoms with Crippen LogP contribution in [0.5, 0.6) is 0 Å². The van der Waals surface area contributed by atoms with Gasteiger partial charge in [-0.25, -0.2) is 13.6 Å². The number of anilines is 2. The van der Waals surface area contributed by atoms with Crippen molar-refractivity contribution in [1.29, 1.82) is 0 Å². The van der Waals surface area contributed by atoms with Gasteiger partial charge in [0.2, 0.25) is 10.0 Å². The van der Waals surface area contributed by atoms with Crippen molar-refractivity contribution in [3.05, 3.63) is 29.8 Å². The summed E-state index contributed by atoms with van der Waals surface area (Å²) in [5.41, 5.74) is 7.25. The monoisotopic (exact) mass is 310 g/mol. The van der Waals surface area contributed by atoms with E-state index in [4.69, 9.17) is 10.9 Å². The Bertz CT molecular complexity index is 753. The summed E-state index contributed by atoms with van der Waals surface area (Å²) < 4.78 is 24.9. The molecule has 0 aliphatic rings. The van der Waals surface area contributed by atoms with Crippen molar-refractivity contribution in [2.45, 2.75) is 18.2 Å². The van der Waals surface area contributed by atoms with Gasteiger partial charge in [-0.3, -0.25) is 0 Å². The molecule has 0 aliphatic heterocycles. The van der Waals surface area contributed by atoms with E-state index in [0.717, 1.165) is 5.82 Å². The zero-order chi connectivity index (χ0) is 15.6. The average molecular weight is 310 g/mol. The number of hydrogen-bond donors (Lipinski definition) is 3. The number of aromatic nitrogens is 3. The van der Waals surface area contributed by atoms with Gasteiger partial charge in [-0.1, -0.05) is 0 Å². The van der Waals surface area contributed by atoms with Gasteiger partial charge in [-0.15, -0.1) is 10.2 Å². The Labute approximate surface area is 123 Å². The molecule has 8 nitrogen and oxygen atoms in total. The molecule has 1 aromatic carbocycles. The normalized spacial score (nSPS) is 11.6. The third-order valence-corrected chi connectivity index (χ3v) is 4.20. The predicted octanol–water partition coefficient (Wildman–Crippen LogP) is 0.00772. The summed E-state index contributed by atoms with van der Waals surface area (Å²) in [4.78, 5) is 0.0312. The van der Waals surface area contributed by atoms with Gasteiger partial charge in [0.05, 0.1) is 4.90 Å². The van der Waals surface area contributed by atoms with Crippen LogP contribution < -0.4 is 16.2 Å². The molecule has 2 aromatic rings. The second-order valence-electron chi connectivity index (χ2n) is 4.77. The molecule has 0 fully saturated rings. The highest BCUT2D eigenvalue weighted by molar-refractivity contribution is 7.89. The van der Waals surface area contributed by atoms with Crippen LogP contribution in [0.3, 0.4) is 0 Å². The van der Waals surface area contributed by atoms with E-state index in [1.165, 1.54) is 6.07 Å². The van der Waals surface area contributed by atoms with Gasteiger partial charge >= 0.3 is 0 Å². The van der Waals surface area contributed by atoms with Gasteiger partial charge in [-0.05, 0) is 24.6 Å². The van der Waals surface area contributed by atoms with E-state index in [0.29, 0.717) is 29.9 Å². The van der Waals surface area contributed by atoms with E-state index in [9.17, 15) is 8.42 Å². The third kappa shape index (κ3) is 3.50. The lowest BCUT2D eigenvalue weighted by Crippen LogP contribution is -2.16. The number of hydrogen-bond acceptors (Lipinski definition) is 6. The Hall–Kier alpha value is -2.13. The summed E-state index contributed by atoms with van der Waals surface area (Å²) in [5, 5.41) is 16.1. The first-order valence-corrected chi connectivity index (χ1v) is 7.83. The number of benzene rings is 1. The Morgan fingerprint density at radius 2 is 2.10 bits per heavy atom. The van der Waals surface area contributed by atoms with Crippen LogP contribution >= 0.6 is 0 Å². The molecule has 5 N–H and O–H groups in total. The summed E-state index contributed by atoms with van der Waals surface area (Å²) in [6.07, 6.45) is 2.27. The fourth-order valence-corrected chi connectivity index (χ4v) is 2.87. The molecule has 9 heteroatoms. The van der Waals surface area contributed by atoms with E-state index in [-0.39, 0.29) is 4.90 Å². The highest BCUT2D eigenvalue weighted by atomic mass is 32.2. The Morgan fingerprint density at radius 3 is 2.67 bits per heavy atom. The SMILES string of the molecule is Cc1c(NCCc2nncn2C)cc(N)cc1S(N)(=O)=O. The maximum Gasteiger partial charge on any atom is 0.238 e. The highest BCUT2D eigenvalue weighted by Gasteiger charge is 2.15. The summed E-state index contributed by atoms with van der Waals surface area (Å²) in [7, 11) is -1.94. The molecular formula is C12H18N6O2S. The Morgan fingerprint density at radius 1 is 1.38 bits per heavy atom. The zero-order valence-corrected chi connectivity index (χ0v) is 12.7. The average Bonchev–Trinajstić information content (AvgIpc) is 2.77. The van der Waals surface area contributed by atoms with Crippen molar-refractivity contribution in [1.82, 2.24) is 14.8 Å². The van der Waals surface area contributed by atoms with E-state index in [2.05, 4.69) is 15.5 Å². The summed E-state index contributed by atoms with van der Waals surface area (Å²) in [5.74, 6) is 0.829. The lowest BCUT2D eigenvalue weighted by Gasteiger charge is -2.13. The van der Waals surface area contributed by atoms with Gasteiger partial charge in [0.1, 0.15) is 12.2 Å². The summed E-state index contributed by atoms with van der Waals surface area (Å²) >= 11 is 0. The molecule has 0 unspecified atom stereocenters. The first-order chi connectivity index (χ1) is 9.79. The number of nitrogens with two attached hydrogens (primary N) is 2. The van der Waals surface area contributed by atoms with Gasteiger partial charge in [-0.2, -0.15) is 0 Å². The molecule has 0 amide bonds. The lowest BCUT2D eigenvalue weighted by molar-refractivity contribution is 0.597. The van der Waals surface area contributed by atoms with Crippen LogP contribution in [0.15, 0.2) is 23.4 Å². The van der Waals surface area contributed by atoms with Crippen LogP contribution in [0.4, 0.5) is 11.4 Å². The second-order valence-corrected chi connectivity index (χ2v) is 6.30. The van der Waals surface area contributed by atoms with Crippen molar-refractivity contribution >= 4 is 21.4 Å². The quantitative estimate of drug-likeness (QED) is 0.667. The largest absolute Gasteiger partial charge is 0.399 e. The molecule has 0 atom stereocenters. The molecule has 114 valence electrons. The standard InChI is InChI=1S/C12H18N6O2S/c1-8-10(5-9(13)6-11(8)21(14,19)20)15-4-3-12-17-16-7-18(12)2/h5-7,15H,3-4,13H2,1-2H3,(H2,14,19,20). The molecule has 0 aliphatic carbocycles. The van der Waals surface area contributed by atoms with Gasteiger partial charge < -0.3 is 15.6 Å². The van der Waals surface area contributed by atoms with Crippen molar-refractivity contribution in [3.63, 3.8) is 0 Å². The van der Waals surface area contributed by atoms with Gasteiger partial charge in [0, 0.05) is 31.4 Å². The fraction of sp³-hybridized carbons (Fsp3) is 0.333. The molecule has 1 aromatic heterocycles. The number of nitrogens with zero attached hydrogens (tertiary/aromatic N) is 3. The topological polar surface area (TPSA) is 129 Å². The highest BCUT2D eigenvalue weighted by Crippen LogP contribution is 2.25. The first kappa shape index (κ1) is 15.3. The lowest BCUT2D eigenvalue weighted by atomic mass is 10.1. The van der Waals surface area contributed by atoms with Gasteiger partial charge in [0.25, 0.3) is 0 Å². The molecule has 1 heterocycles. The molecule has 0 bridgehead atoms. The first-order valence-electron chi connectivity index (χ1n) is 6.28. The van der Waals surface area contributed by atoms with Crippen molar-refractivity contribution in [3.8, 4) is 0 Å². The maximum absolute atomic E-state index is 11.5. The van der Waals surface area contributed by atoms with E-state index >= 15 is 0 Å². The van der Waals surface area contributed by atoms with Crippen LogP contribution in [-0.4, -0.2) is 29.7 Å². The number of rotatable bonds is 5. The number of nitrogens with one attached hydrogen (secondary N) is 1. The number of sulfonamides is 1. The fourth-order valence-electron chi connectivity index (χ4n) is 2.03. The van der Waals surface area contributed by atoms with E-state index in [1.54, 1.807) is 19.3 Å². The van der Waals surface area contributed by atoms with Crippen molar-refractivity contribution < 1.29 is 8.42 Å². The predicted molar refractivity (Wildman–Crippen MR) is 80.2 cm³/mol. The van der Waals surface area contributed by atoms with Crippen LogP contribution in [-0.2, 0) is 23.5 Å². The molecule has 2 rings (SSSR count). The number of nitrogen functional groups attached to an aromatic ring is 1. The number of aryl methyl sites for hydroxylation is 1. The van der Waals surface area contributed by atoms with Crippen LogP contribution in [0.1, 0.15) is 11.4 Å². The maximum atomic E-state index is 11.5. The number of primary sulfonamides is 1. The van der Waals surface area contributed by atoms with Crippen LogP contribution in [0.2, 0.25) is 0 Å².